The Morgan fingerprint density at radius 3 is 1.79 bits per heavy atom. The van der Waals surface area contributed by atoms with E-state index in [0.717, 1.165) is 19.3 Å². The molecule has 0 heterocycles. The van der Waals surface area contributed by atoms with Crippen molar-refractivity contribution in [1.29, 1.82) is 0 Å². The highest BCUT2D eigenvalue weighted by molar-refractivity contribution is 6.19. The van der Waals surface area contributed by atoms with Crippen molar-refractivity contribution in [3.63, 3.8) is 0 Å². The van der Waals surface area contributed by atoms with Gasteiger partial charge in [-0.2, -0.15) is 0 Å². The van der Waals surface area contributed by atoms with Crippen LogP contribution in [0.5, 0.6) is 0 Å². The largest absolute Gasteiger partial charge is 0.0617 e. The van der Waals surface area contributed by atoms with E-state index in [0.29, 0.717) is 0 Å². The van der Waals surface area contributed by atoms with Gasteiger partial charge in [-0.3, -0.25) is 0 Å². The van der Waals surface area contributed by atoms with Crippen molar-refractivity contribution in [2.75, 3.05) is 0 Å². The minimum atomic E-state index is 0.926. The third-order valence-electron chi connectivity index (χ3n) is 8.67. The highest BCUT2D eigenvalue weighted by Gasteiger charge is 2.22. The van der Waals surface area contributed by atoms with E-state index in [1.807, 2.05) is 0 Å². The summed E-state index contributed by atoms with van der Waals surface area (Å²) in [5, 5.41) is 10.9. The van der Waals surface area contributed by atoms with Crippen molar-refractivity contribution < 1.29 is 0 Å². The second-order valence-electron chi connectivity index (χ2n) is 10.8. The Kier molecular flexibility index (Phi) is 4.73. The molecule has 0 nitrogen and oxygen atoms in total. The molecule has 0 aliphatic heterocycles. The lowest BCUT2D eigenvalue weighted by Crippen LogP contribution is -1.96. The van der Waals surface area contributed by atoms with Crippen LogP contribution in [0.3, 0.4) is 0 Å². The SMILES string of the molecule is CCc1cc2c3ccccc3c(Cc3cccc4c3-c3cc5ccccc5cc3C4)cc2c2ccccc12. The van der Waals surface area contributed by atoms with E-state index in [1.54, 1.807) is 0 Å². The molecule has 0 atom stereocenters. The highest BCUT2D eigenvalue weighted by atomic mass is 14.3. The Hall–Kier alpha value is -4.42. The number of aryl methyl sites for hydroxylation is 1. The molecule has 8 rings (SSSR count). The molecule has 38 heavy (non-hydrogen) atoms. The van der Waals surface area contributed by atoms with Crippen molar-refractivity contribution in [3.8, 4) is 11.1 Å². The van der Waals surface area contributed by atoms with E-state index in [4.69, 9.17) is 0 Å². The van der Waals surface area contributed by atoms with Gasteiger partial charge in [0.25, 0.3) is 0 Å². The fourth-order valence-corrected chi connectivity index (χ4v) is 6.91. The first kappa shape index (κ1) is 21.6. The van der Waals surface area contributed by atoms with Crippen LogP contribution >= 0.6 is 0 Å². The van der Waals surface area contributed by atoms with Gasteiger partial charge in [-0.1, -0.05) is 104 Å². The molecule has 1 aliphatic rings. The van der Waals surface area contributed by atoms with Gasteiger partial charge in [-0.05, 0) is 119 Å². The smallest absolute Gasteiger partial charge is 0.00131 e. The molecule has 0 heteroatoms. The molecule has 0 radical (unpaired) electrons. The maximum atomic E-state index is 2.48. The Morgan fingerprint density at radius 1 is 0.474 bits per heavy atom. The molecular weight excluding hydrogens is 456 g/mol. The van der Waals surface area contributed by atoms with Crippen LogP contribution in [-0.2, 0) is 19.3 Å². The van der Waals surface area contributed by atoms with Crippen molar-refractivity contribution in [1.82, 2.24) is 0 Å². The zero-order valence-corrected chi connectivity index (χ0v) is 21.6. The van der Waals surface area contributed by atoms with Gasteiger partial charge in [-0.15, -0.1) is 0 Å². The molecule has 7 aromatic rings. The van der Waals surface area contributed by atoms with E-state index < -0.39 is 0 Å². The van der Waals surface area contributed by atoms with Gasteiger partial charge in [0.2, 0.25) is 0 Å². The van der Waals surface area contributed by atoms with Crippen molar-refractivity contribution in [2.24, 2.45) is 0 Å². The van der Waals surface area contributed by atoms with E-state index in [-0.39, 0.29) is 0 Å². The summed E-state index contributed by atoms with van der Waals surface area (Å²) in [6.07, 6.45) is 2.98. The van der Waals surface area contributed by atoms with Crippen LogP contribution in [0.15, 0.2) is 115 Å². The summed E-state index contributed by atoms with van der Waals surface area (Å²) in [7, 11) is 0. The fourth-order valence-electron chi connectivity index (χ4n) is 6.91. The summed E-state index contributed by atoms with van der Waals surface area (Å²) in [5.41, 5.74) is 10.0. The summed E-state index contributed by atoms with van der Waals surface area (Å²) in [6.45, 7) is 2.27. The lowest BCUT2D eigenvalue weighted by Gasteiger charge is -2.16. The van der Waals surface area contributed by atoms with E-state index in [2.05, 4.69) is 122 Å². The minimum absolute atomic E-state index is 0.926. The van der Waals surface area contributed by atoms with Gasteiger partial charge in [-0.25, -0.2) is 0 Å². The van der Waals surface area contributed by atoms with Crippen molar-refractivity contribution >= 4 is 43.1 Å². The van der Waals surface area contributed by atoms with Gasteiger partial charge < -0.3 is 0 Å². The zero-order valence-electron chi connectivity index (χ0n) is 21.6. The monoisotopic (exact) mass is 484 g/mol. The number of benzene rings is 7. The van der Waals surface area contributed by atoms with Crippen LogP contribution in [0, 0.1) is 0 Å². The molecule has 180 valence electrons. The van der Waals surface area contributed by atoms with Gasteiger partial charge in [0.1, 0.15) is 0 Å². The molecule has 0 saturated heterocycles. The first-order chi connectivity index (χ1) is 18.8. The number of hydrogen-bond acceptors (Lipinski definition) is 0. The lowest BCUT2D eigenvalue weighted by atomic mass is 9.87. The Morgan fingerprint density at radius 2 is 1.08 bits per heavy atom. The quantitative estimate of drug-likeness (QED) is 0.219. The zero-order chi connectivity index (χ0) is 25.2. The van der Waals surface area contributed by atoms with Crippen LogP contribution < -0.4 is 0 Å². The molecule has 0 amide bonds. The summed E-state index contributed by atoms with van der Waals surface area (Å²) in [6, 6.07) is 43.4. The predicted molar refractivity (Wildman–Crippen MR) is 163 cm³/mol. The molecule has 0 saturated carbocycles. The molecule has 0 bridgehead atoms. The molecule has 0 unspecified atom stereocenters. The lowest BCUT2D eigenvalue weighted by molar-refractivity contribution is 1.16. The molecular formula is C38H28. The Labute approximate surface area is 223 Å². The van der Waals surface area contributed by atoms with Crippen molar-refractivity contribution in [2.45, 2.75) is 26.2 Å². The van der Waals surface area contributed by atoms with Gasteiger partial charge in [0, 0.05) is 0 Å². The van der Waals surface area contributed by atoms with Gasteiger partial charge in [0.15, 0.2) is 0 Å². The minimum Gasteiger partial charge on any atom is -0.0617 e. The molecule has 0 fully saturated rings. The Bertz CT molecular complexity index is 2060. The summed E-state index contributed by atoms with van der Waals surface area (Å²) < 4.78 is 0. The normalized spacial score (nSPS) is 12.4. The predicted octanol–water partition coefficient (Wildman–Crippen LogP) is 10.0. The summed E-state index contributed by atoms with van der Waals surface area (Å²) >= 11 is 0. The first-order valence-corrected chi connectivity index (χ1v) is 13.8. The van der Waals surface area contributed by atoms with E-state index >= 15 is 0 Å². The Balaban J connectivity index is 1.37. The second-order valence-corrected chi connectivity index (χ2v) is 10.8. The molecule has 0 spiro atoms. The molecule has 0 N–H and O–H groups in total. The average Bonchev–Trinajstić information content (AvgIpc) is 3.34. The third kappa shape index (κ3) is 3.17. The molecule has 1 aliphatic carbocycles. The molecule has 7 aromatic carbocycles. The second kappa shape index (κ2) is 8.30. The summed E-state index contributed by atoms with van der Waals surface area (Å²) in [4.78, 5) is 0. The number of rotatable bonds is 3. The number of fused-ring (bicyclic) bond motifs is 9. The van der Waals surface area contributed by atoms with Gasteiger partial charge in [0.05, 0.1) is 0 Å². The highest BCUT2D eigenvalue weighted by Crippen LogP contribution is 2.43. The molecule has 0 aromatic heterocycles. The van der Waals surface area contributed by atoms with E-state index in [1.165, 1.54) is 82.0 Å². The van der Waals surface area contributed by atoms with Gasteiger partial charge >= 0.3 is 0 Å². The van der Waals surface area contributed by atoms with Crippen LogP contribution in [0.1, 0.15) is 34.7 Å². The van der Waals surface area contributed by atoms with Crippen LogP contribution in [0.2, 0.25) is 0 Å². The average molecular weight is 485 g/mol. The van der Waals surface area contributed by atoms with Crippen LogP contribution in [-0.4, -0.2) is 0 Å². The van der Waals surface area contributed by atoms with Crippen LogP contribution in [0.25, 0.3) is 54.2 Å². The number of hydrogen-bond donors (Lipinski definition) is 0. The maximum Gasteiger partial charge on any atom is -0.00131 e. The van der Waals surface area contributed by atoms with Crippen molar-refractivity contribution in [3.05, 3.63) is 143 Å². The topological polar surface area (TPSA) is 0 Å². The maximum absolute atomic E-state index is 2.48. The first-order valence-electron chi connectivity index (χ1n) is 13.8. The standard InChI is InChI=1S/C38H28/c1-2-24-21-36-34-17-8-6-15-32(34)30(23-37(36)33-16-7-5-14-31(24)33)20-28-13-9-12-27-19-29-18-25-10-3-4-11-26(25)22-35(29)38(27)28/h3-18,21-23H,2,19-20H2,1H3. The third-order valence-corrected chi connectivity index (χ3v) is 8.67. The van der Waals surface area contributed by atoms with Crippen LogP contribution in [0.4, 0.5) is 0 Å². The summed E-state index contributed by atoms with van der Waals surface area (Å²) in [5.74, 6) is 0. The van der Waals surface area contributed by atoms with E-state index in [9.17, 15) is 0 Å². The fraction of sp³-hybridized carbons (Fsp3) is 0.105.